The molecule has 0 aromatic carbocycles. The van der Waals surface area contributed by atoms with Gasteiger partial charge in [0.05, 0.1) is 0 Å². The van der Waals surface area contributed by atoms with Crippen molar-refractivity contribution in [1.29, 1.82) is 0 Å². The zero-order valence-corrected chi connectivity index (χ0v) is 15.2. The zero-order valence-electron chi connectivity index (χ0n) is 15.2. The summed E-state index contributed by atoms with van der Waals surface area (Å²) in [6.07, 6.45) is 15.2. The second-order valence-electron chi connectivity index (χ2n) is 9.77. The monoisotopic (exact) mass is 303 g/mol. The van der Waals surface area contributed by atoms with Gasteiger partial charge in [-0.2, -0.15) is 0 Å². The van der Waals surface area contributed by atoms with Gasteiger partial charge in [0, 0.05) is 6.04 Å². The predicted octanol–water partition coefficient (Wildman–Crippen LogP) is 5.40. The summed E-state index contributed by atoms with van der Waals surface area (Å²) in [5.74, 6) is 4.23. The molecule has 0 spiro atoms. The second-order valence-corrected chi connectivity index (χ2v) is 9.77. The van der Waals surface area contributed by atoms with E-state index in [1.165, 1.54) is 44.9 Å². The van der Waals surface area contributed by atoms with Crippen molar-refractivity contribution in [2.45, 2.75) is 91.0 Å². The SMILES string of the molecule is CCN[C@H]1CC[C@@]2(C)[C@@H](CC[C@H]3[C@@H]4CCC[C@@]4(C)CC[C@@H]32)C1. The molecule has 0 aromatic rings. The van der Waals surface area contributed by atoms with Gasteiger partial charge in [0.2, 0.25) is 0 Å². The third-order valence-electron chi connectivity index (χ3n) is 8.94. The zero-order chi connectivity index (χ0) is 15.4. The van der Waals surface area contributed by atoms with Crippen LogP contribution in [0.5, 0.6) is 0 Å². The molecular formula is C21H37N. The fraction of sp³-hybridized carbons (Fsp3) is 1.00. The predicted molar refractivity (Wildman–Crippen MR) is 93.8 cm³/mol. The van der Waals surface area contributed by atoms with Crippen molar-refractivity contribution in [2.75, 3.05) is 6.54 Å². The van der Waals surface area contributed by atoms with E-state index in [1.807, 2.05) is 0 Å². The number of hydrogen-bond donors (Lipinski definition) is 1. The van der Waals surface area contributed by atoms with Gasteiger partial charge in [-0.3, -0.25) is 0 Å². The topological polar surface area (TPSA) is 12.0 Å². The lowest BCUT2D eigenvalue weighted by Crippen LogP contribution is -2.54. The summed E-state index contributed by atoms with van der Waals surface area (Å²) in [7, 11) is 0. The van der Waals surface area contributed by atoms with E-state index in [1.54, 1.807) is 19.3 Å². The molecule has 7 atom stereocenters. The molecular weight excluding hydrogens is 266 g/mol. The van der Waals surface area contributed by atoms with Crippen molar-refractivity contribution in [3.63, 3.8) is 0 Å². The number of fused-ring (bicyclic) bond motifs is 5. The molecule has 0 aliphatic heterocycles. The van der Waals surface area contributed by atoms with E-state index in [9.17, 15) is 0 Å². The number of rotatable bonds is 2. The van der Waals surface area contributed by atoms with Gasteiger partial charge in [-0.25, -0.2) is 0 Å². The number of hydrogen-bond acceptors (Lipinski definition) is 1. The molecule has 0 aromatic heterocycles. The molecule has 4 fully saturated rings. The fourth-order valence-corrected chi connectivity index (χ4v) is 7.73. The normalized spacial score (nSPS) is 54.4. The van der Waals surface area contributed by atoms with E-state index in [2.05, 4.69) is 26.1 Å². The van der Waals surface area contributed by atoms with Crippen molar-refractivity contribution in [2.24, 2.45) is 34.5 Å². The van der Waals surface area contributed by atoms with Gasteiger partial charge >= 0.3 is 0 Å². The molecule has 0 heterocycles. The first kappa shape index (κ1) is 15.5. The molecule has 1 N–H and O–H groups in total. The van der Waals surface area contributed by atoms with E-state index < -0.39 is 0 Å². The molecule has 4 aliphatic carbocycles. The molecule has 1 nitrogen and oxygen atoms in total. The molecule has 0 saturated heterocycles. The Morgan fingerprint density at radius 1 is 0.909 bits per heavy atom. The van der Waals surface area contributed by atoms with Gasteiger partial charge in [0.25, 0.3) is 0 Å². The minimum Gasteiger partial charge on any atom is -0.314 e. The Bertz CT molecular complexity index is 418. The van der Waals surface area contributed by atoms with E-state index in [0.29, 0.717) is 5.41 Å². The van der Waals surface area contributed by atoms with Crippen LogP contribution in [-0.4, -0.2) is 12.6 Å². The average molecular weight is 304 g/mol. The number of nitrogens with one attached hydrogen (secondary N) is 1. The molecule has 4 saturated carbocycles. The Balaban J connectivity index is 1.54. The maximum atomic E-state index is 3.75. The molecule has 4 aliphatic rings. The van der Waals surface area contributed by atoms with Gasteiger partial charge in [-0.15, -0.1) is 0 Å². The maximum absolute atomic E-state index is 3.75. The minimum atomic E-state index is 0.679. The highest BCUT2D eigenvalue weighted by Gasteiger charge is 2.57. The average Bonchev–Trinajstić information content (AvgIpc) is 2.89. The molecule has 0 unspecified atom stereocenters. The van der Waals surface area contributed by atoms with Crippen molar-refractivity contribution < 1.29 is 0 Å². The Morgan fingerprint density at radius 2 is 1.77 bits per heavy atom. The summed E-state index contributed by atoms with van der Waals surface area (Å²) in [6.45, 7) is 8.76. The van der Waals surface area contributed by atoms with E-state index in [-0.39, 0.29) is 0 Å². The van der Waals surface area contributed by atoms with Crippen molar-refractivity contribution in [1.82, 2.24) is 5.32 Å². The highest BCUT2D eigenvalue weighted by Crippen LogP contribution is 2.66. The van der Waals surface area contributed by atoms with Crippen molar-refractivity contribution >= 4 is 0 Å². The third kappa shape index (κ3) is 2.21. The Hall–Kier alpha value is -0.0400. The summed E-state index contributed by atoms with van der Waals surface area (Å²) in [4.78, 5) is 0. The van der Waals surface area contributed by atoms with Gasteiger partial charge < -0.3 is 5.32 Å². The summed E-state index contributed by atoms with van der Waals surface area (Å²) in [5.41, 5.74) is 1.41. The van der Waals surface area contributed by atoms with Crippen molar-refractivity contribution in [3.05, 3.63) is 0 Å². The van der Waals surface area contributed by atoms with Crippen LogP contribution in [0.2, 0.25) is 0 Å². The van der Waals surface area contributed by atoms with E-state index >= 15 is 0 Å². The smallest absolute Gasteiger partial charge is 0.00699 e. The first-order valence-corrected chi connectivity index (χ1v) is 10.3. The van der Waals surface area contributed by atoms with Gasteiger partial charge in [-0.1, -0.05) is 27.2 Å². The summed E-state index contributed by atoms with van der Waals surface area (Å²) < 4.78 is 0. The van der Waals surface area contributed by atoms with Crippen LogP contribution in [0.25, 0.3) is 0 Å². The van der Waals surface area contributed by atoms with Gasteiger partial charge in [0.1, 0.15) is 0 Å². The molecule has 0 bridgehead atoms. The molecule has 22 heavy (non-hydrogen) atoms. The third-order valence-corrected chi connectivity index (χ3v) is 8.94. The van der Waals surface area contributed by atoms with Crippen LogP contribution in [0.4, 0.5) is 0 Å². The molecule has 4 rings (SSSR count). The van der Waals surface area contributed by atoms with Crippen LogP contribution in [0, 0.1) is 34.5 Å². The first-order chi connectivity index (χ1) is 10.6. The van der Waals surface area contributed by atoms with E-state index in [0.717, 1.165) is 41.7 Å². The Kier molecular flexibility index (Phi) is 3.87. The summed E-state index contributed by atoms with van der Waals surface area (Å²) >= 11 is 0. The summed E-state index contributed by atoms with van der Waals surface area (Å²) in [6, 6.07) is 0.819. The maximum Gasteiger partial charge on any atom is 0.00699 e. The minimum absolute atomic E-state index is 0.679. The Morgan fingerprint density at radius 3 is 2.59 bits per heavy atom. The quantitative estimate of drug-likeness (QED) is 0.720. The van der Waals surface area contributed by atoms with Crippen LogP contribution < -0.4 is 5.32 Å². The lowest BCUT2D eigenvalue weighted by Gasteiger charge is -2.60. The van der Waals surface area contributed by atoms with Crippen LogP contribution >= 0.6 is 0 Å². The first-order valence-electron chi connectivity index (χ1n) is 10.3. The van der Waals surface area contributed by atoms with Crippen LogP contribution in [0.3, 0.4) is 0 Å². The Labute approximate surface area is 138 Å². The van der Waals surface area contributed by atoms with Gasteiger partial charge in [0.15, 0.2) is 0 Å². The second kappa shape index (κ2) is 5.50. The highest BCUT2D eigenvalue weighted by atomic mass is 14.9. The van der Waals surface area contributed by atoms with Crippen molar-refractivity contribution in [3.8, 4) is 0 Å². The largest absolute Gasteiger partial charge is 0.314 e. The fourth-order valence-electron chi connectivity index (χ4n) is 7.73. The lowest BCUT2D eigenvalue weighted by atomic mass is 9.45. The van der Waals surface area contributed by atoms with E-state index in [4.69, 9.17) is 0 Å². The van der Waals surface area contributed by atoms with Crippen LogP contribution in [0.1, 0.15) is 85.0 Å². The molecule has 126 valence electrons. The lowest BCUT2D eigenvalue weighted by molar-refractivity contribution is -0.107. The van der Waals surface area contributed by atoms with Crippen LogP contribution in [0.15, 0.2) is 0 Å². The van der Waals surface area contributed by atoms with Crippen LogP contribution in [-0.2, 0) is 0 Å². The molecule has 1 heteroatoms. The summed E-state index contributed by atoms with van der Waals surface area (Å²) in [5, 5.41) is 3.75. The highest BCUT2D eigenvalue weighted by molar-refractivity contribution is 5.07. The van der Waals surface area contributed by atoms with Gasteiger partial charge in [-0.05, 0) is 98.8 Å². The molecule has 0 radical (unpaired) electrons. The standard InChI is InChI=1S/C21H37N/c1-4-22-16-9-13-21(3)15(14-16)7-8-17-18-6-5-11-20(18,2)12-10-19(17)21/h15-19,22H,4-14H2,1-3H3/t15-,16-,17-,18-,19-,20-,21-/m0/s1. The molecule has 0 amide bonds.